The van der Waals surface area contributed by atoms with Crippen LogP contribution in [0, 0.1) is 5.92 Å². The molecule has 0 aromatic heterocycles. The van der Waals surface area contributed by atoms with E-state index in [1.807, 2.05) is 56.3 Å². The molecule has 1 N–H and O–H groups in total. The number of nitrogens with zero attached hydrogens (tertiary/aromatic N) is 1. The van der Waals surface area contributed by atoms with Gasteiger partial charge in [0.05, 0.1) is 6.42 Å². The molecule has 0 heterocycles. The lowest BCUT2D eigenvalue weighted by molar-refractivity contribution is -0.140. The van der Waals surface area contributed by atoms with E-state index in [0.717, 1.165) is 11.1 Å². The molecule has 144 valence electrons. The summed E-state index contributed by atoms with van der Waals surface area (Å²) in [6, 6.07) is 16.4. The fraction of sp³-hybridized carbons (Fsp3) is 0.364. The molecule has 0 aliphatic rings. The van der Waals surface area contributed by atoms with Crippen molar-refractivity contribution in [3.63, 3.8) is 0 Å². The number of carbonyl (C=O) groups excluding carboxylic acids is 2. The minimum absolute atomic E-state index is 0.103. The monoisotopic (exact) mass is 386 g/mol. The maximum atomic E-state index is 13.0. The van der Waals surface area contributed by atoms with Crippen LogP contribution >= 0.6 is 11.6 Å². The zero-order valence-corrected chi connectivity index (χ0v) is 16.9. The summed E-state index contributed by atoms with van der Waals surface area (Å²) in [5.41, 5.74) is 1.82. The molecule has 2 rings (SSSR count). The predicted octanol–water partition coefficient (Wildman–Crippen LogP) is 4.07. The van der Waals surface area contributed by atoms with Gasteiger partial charge in [-0.15, -0.1) is 0 Å². The van der Waals surface area contributed by atoms with Gasteiger partial charge in [-0.25, -0.2) is 0 Å². The van der Waals surface area contributed by atoms with Crippen molar-refractivity contribution in [2.45, 2.75) is 39.8 Å². The Kier molecular flexibility index (Phi) is 7.86. The smallest absolute Gasteiger partial charge is 0.242 e. The van der Waals surface area contributed by atoms with Gasteiger partial charge in [0, 0.05) is 18.1 Å². The van der Waals surface area contributed by atoms with E-state index < -0.39 is 6.04 Å². The summed E-state index contributed by atoms with van der Waals surface area (Å²) in [7, 11) is 0. The van der Waals surface area contributed by atoms with Crippen molar-refractivity contribution in [3.8, 4) is 0 Å². The van der Waals surface area contributed by atoms with Crippen molar-refractivity contribution in [3.05, 3.63) is 70.7 Å². The van der Waals surface area contributed by atoms with Gasteiger partial charge in [-0.05, 0) is 36.1 Å². The van der Waals surface area contributed by atoms with Crippen LogP contribution in [0.5, 0.6) is 0 Å². The fourth-order valence-electron chi connectivity index (χ4n) is 2.74. The number of hydrogen-bond donors (Lipinski definition) is 1. The third kappa shape index (κ3) is 6.72. The quantitative estimate of drug-likeness (QED) is 0.743. The van der Waals surface area contributed by atoms with E-state index in [1.165, 1.54) is 0 Å². The highest BCUT2D eigenvalue weighted by atomic mass is 35.5. The van der Waals surface area contributed by atoms with E-state index in [0.29, 0.717) is 24.0 Å². The Morgan fingerprint density at radius 1 is 1.00 bits per heavy atom. The van der Waals surface area contributed by atoms with Crippen LogP contribution in [0.4, 0.5) is 0 Å². The summed E-state index contributed by atoms with van der Waals surface area (Å²) in [6.45, 7) is 6.82. The van der Waals surface area contributed by atoms with E-state index >= 15 is 0 Å². The standard InChI is InChI=1S/C22H27ClN2O2/c1-16(2)14-24-22(27)17(3)25(15-18-8-5-4-6-9-18)21(26)13-19-10-7-11-20(23)12-19/h4-12,16-17H,13-15H2,1-3H3,(H,24,27). The van der Waals surface area contributed by atoms with Crippen molar-refractivity contribution < 1.29 is 9.59 Å². The number of rotatable bonds is 8. The van der Waals surface area contributed by atoms with E-state index in [-0.39, 0.29) is 18.2 Å². The molecule has 0 radical (unpaired) electrons. The lowest BCUT2D eigenvalue weighted by Gasteiger charge is -2.29. The molecular formula is C22H27ClN2O2. The van der Waals surface area contributed by atoms with Gasteiger partial charge >= 0.3 is 0 Å². The lowest BCUT2D eigenvalue weighted by Crippen LogP contribution is -2.48. The summed E-state index contributed by atoms with van der Waals surface area (Å²) < 4.78 is 0. The molecule has 27 heavy (non-hydrogen) atoms. The first-order chi connectivity index (χ1) is 12.9. The van der Waals surface area contributed by atoms with Crippen molar-refractivity contribution in [1.82, 2.24) is 10.2 Å². The van der Waals surface area contributed by atoms with Gasteiger partial charge < -0.3 is 10.2 Å². The number of carbonyl (C=O) groups is 2. The Morgan fingerprint density at radius 3 is 2.30 bits per heavy atom. The van der Waals surface area contributed by atoms with E-state index in [2.05, 4.69) is 5.32 Å². The van der Waals surface area contributed by atoms with Gasteiger partial charge in [0.15, 0.2) is 0 Å². The van der Waals surface area contributed by atoms with Gasteiger partial charge in [-0.2, -0.15) is 0 Å². The molecular weight excluding hydrogens is 360 g/mol. The minimum Gasteiger partial charge on any atom is -0.354 e. The van der Waals surface area contributed by atoms with E-state index in [9.17, 15) is 9.59 Å². The van der Waals surface area contributed by atoms with Gasteiger partial charge in [0.2, 0.25) is 11.8 Å². The van der Waals surface area contributed by atoms with Crippen molar-refractivity contribution >= 4 is 23.4 Å². The zero-order valence-electron chi connectivity index (χ0n) is 16.1. The topological polar surface area (TPSA) is 49.4 Å². The summed E-state index contributed by atoms with van der Waals surface area (Å²) in [6.07, 6.45) is 0.204. The van der Waals surface area contributed by atoms with Gasteiger partial charge in [-0.3, -0.25) is 9.59 Å². The molecule has 0 saturated carbocycles. The second-order valence-corrected chi connectivity index (χ2v) is 7.57. The van der Waals surface area contributed by atoms with Crippen molar-refractivity contribution in [2.75, 3.05) is 6.54 Å². The highest BCUT2D eigenvalue weighted by Gasteiger charge is 2.26. The van der Waals surface area contributed by atoms with Crippen LogP contribution in [-0.4, -0.2) is 29.3 Å². The SMILES string of the molecule is CC(C)CNC(=O)C(C)N(Cc1ccccc1)C(=O)Cc1cccc(Cl)c1. The highest BCUT2D eigenvalue weighted by Crippen LogP contribution is 2.15. The molecule has 1 atom stereocenters. The van der Waals surface area contributed by atoms with Crippen molar-refractivity contribution in [2.24, 2.45) is 5.92 Å². The van der Waals surface area contributed by atoms with Crippen LogP contribution in [-0.2, 0) is 22.6 Å². The largest absolute Gasteiger partial charge is 0.354 e. The highest BCUT2D eigenvalue weighted by molar-refractivity contribution is 6.30. The van der Waals surface area contributed by atoms with E-state index in [1.54, 1.807) is 24.0 Å². The molecule has 5 heteroatoms. The number of nitrogens with one attached hydrogen (secondary N) is 1. The van der Waals surface area contributed by atoms with Gasteiger partial charge in [0.25, 0.3) is 0 Å². The summed E-state index contributed by atoms with van der Waals surface area (Å²) in [5, 5.41) is 3.52. The second-order valence-electron chi connectivity index (χ2n) is 7.13. The molecule has 4 nitrogen and oxygen atoms in total. The number of amides is 2. The first-order valence-electron chi connectivity index (χ1n) is 9.22. The average molecular weight is 387 g/mol. The van der Waals surface area contributed by atoms with Gasteiger partial charge in [0.1, 0.15) is 6.04 Å². The number of halogens is 1. The lowest BCUT2D eigenvalue weighted by atomic mass is 10.1. The fourth-order valence-corrected chi connectivity index (χ4v) is 2.95. The second kappa shape index (κ2) is 10.1. The molecule has 0 saturated heterocycles. The molecule has 0 bridgehead atoms. The number of benzene rings is 2. The Labute approximate surface area is 166 Å². The summed E-state index contributed by atoms with van der Waals surface area (Å²) >= 11 is 6.03. The zero-order chi connectivity index (χ0) is 19.8. The number of hydrogen-bond acceptors (Lipinski definition) is 2. The molecule has 2 aromatic carbocycles. The van der Waals surface area contributed by atoms with Crippen molar-refractivity contribution in [1.29, 1.82) is 0 Å². The van der Waals surface area contributed by atoms with Crippen LogP contribution in [0.3, 0.4) is 0 Å². The van der Waals surface area contributed by atoms with Crippen LogP contribution in [0.25, 0.3) is 0 Å². The predicted molar refractivity (Wildman–Crippen MR) is 109 cm³/mol. The van der Waals surface area contributed by atoms with Crippen LogP contribution in [0.1, 0.15) is 31.9 Å². The van der Waals surface area contributed by atoms with E-state index in [4.69, 9.17) is 11.6 Å². The summed E-state index contributed by atoms with van der Waals surface area (Å²) in [5.74, 6) is 0.110. The molecule has 0 fully saturated rings. The minimum atomic E-state index is -0.560. The molecule has 0 aliphatic heterocycles. The third-order valence-electron chi connectivity index (χ3n) is 4.29. The Morgan fingerprint density at radius 2 is 1.67 bits per heavy atom. The van der Waals surface area contributed by atoms with Crippen LogP contribution in [0.2, 0.25) is 5.02 Å². The first kappa shape index (κ1) is 21.0. The molecule has 0 aliphatic carbocycles. The molecule has 2 amide bonds. The third-order valence-corrected chi connectivity index (χ3v) is 4.53. The first-order valence-corrected chi connectivity index (χ1v) is 9.60. The van der Waals surface area contributed by atoms with Crippen LogP contribution < -0.4 is 5.32 Å². The summed E-state index contributed by atoms with van der Waals surface area (Å²) in [4.78, 5) is 27.2. The van der Waals surface area contributed by atoms with Gasteiger partial charge in [-0.1, -0.05) is 67.9 Å². The average Bonchev–Trinajstić information content (AvgIpc) is 2.64. The molecule has 2 aromatic rings. The van der Waals surface area contributed by atoms with Crippen LogP contribution in [0.15, 0.2) is 54.6 Å². The Bertz CT molecular complexity index is 762. The Balaban J connectivity index is 2.17. The maximum Gasteiger partial charge on any atom is 0.242 e. The Hall–Kier alpha value is -2.33. The maximum absolute atomic E-state index is 13.0. The normalized spacial score (nSPS) is 11.9. The molecule has 1 unspecified atom stereocenters. The molecule has 0 spiro atoms.